The first-order chi connectivity index (χ1) is 9.49. The van der Waals surface area contributed by atoms with Crippen molar-refractivity contribution in [3.63, 3.8) is 0 Å². The Morgan fingerprint density at radius 3 is 2.45 bits per heavy atom. The molecule has 0 saturated carbocycles. The predicted octanol–water partition coefficient (Wildman–Crippen LogP) is 0.556. The van der Waals surface area contributed by atoms with Gasteiger partial charge in [0.2, 0.25) is 0 Å². The summed E-state index contributed by atoms with van der Waals surface area (Å²) in [6.07, 6.45) is 1.37. The number of nitrogens with zero attached hydrogens (tertiary/aromatic N) is 3. The molecular formula is C11H12N6O2S. The average molecular weight is 292 g/mol. The number of carbonyl (C=O) groups excluding carboxylic acids is 1. The molecule has 0 bridgehead atoms. The molecule has 2 aromatic heterocycles. The summed E-state index contributed by atoms with van der Waals surface area (Å²) in [5.41, 5.74) is 17.3. The van der Waals surface area contributed by atoms with Crippen molar-refractivity contribution in [3.05, 3.63) is 23.9 Å². The Bertz CT molecular complexity index is 643. The molecule has 0 aliphatic carbocycles. The van der Waals surface area contributed by atoms with Crippen molar-refractivity contribution in [2.24, 2.45) is 0 Å². The molecule has 2 aromatic rings. The second kappa shape index (κ2) is 5.61. The van der Waals surface area contributed by atoms with Crippen LogP contribution in [0, 0.1) is 0 Å². The zero-order valence-corrected chi connectivity index (χ0v) is 11.3. The van der Waals surface area contributed by atoms with Crippen molar-refractivity contribution in [3.8, 4) is 0 Å². The number of methoxy groups -OCH3 is 1. The lowest BCUT2D eigenvalue weighted by Gasteiger charge is -2.06. The van der Waals surface area contributed by atoms with E-state index in [0.29, 0.717) is 10.2 Å². The first-order valence-corrected chi connectivity index (χ1v) is 6.23. The van der Waals surface area contributed by atoms with Crippen LogP contribution >= 0.6 is 11.8 Å². The van der Waals surface area contributed by atoms with Crippen LogP contribution in [-0.4, -0.2) is 28.0 Å². The van der Waals surface area contributed by atoms with Crippen LogP contribution in [0.25, 0.3) is 0 Å². The molecule has 104 valence electrons. The van der Waals surface area contributed by atoms with Gasteiger partial charge in [0.1, 0.15) is 16.7 Å². The van der Waals surface area contributed by atoms with Crippen LogP contribution in [0.3, 0.4) is 0 Å². The molecule has 0 aliphatic heterocycles. The molecule has 2 heterocycles. The first kappa shape index (κ1) is 13.9. The van der Waals surface area contributed by atoms with E-state index in [4.69, 9.17) is 17.2 Å². The van der Waals surface area contributed by atoms with Crippen molar-refractivity contribution in [2.75, 3.05) is 24.3 Å². The molecule has 6 N–H and O–H groups in total. The summed E-state index contributed by atoms with van der Waals surface area (Å²) < 4.78 is 4.63. The SMILES string of the molecule is COC(=O)c1cc(Sc2nc(N)cc(N)n2)ncc1N. The van der Waals surface area contributed by atoms with Crippen LogP contribution in [0.5, 0.6) is 0 Å². The number of hydrogen-bond acceptors (Lipinski definition) is 9. The Kier molecular flexibility index (Phi) is 3.89. The van der Waals surface area contributed by atoms with E-state index in [1.165, 1.54) is 25.4 Å². The van der Waals surface area contributed by atoms with Crippen LogP contribution in [0.1, 0.15) is 10.4 Å². The van der Waals surface area contributed by atoms with Crippen molar-refractivity contribution in [2.45, 2.75) is 10.2 Å². The lowest BCUT2D eigenvalue weighted by atomic mass is 10.2. The van der Waals surface area contributed by atoms with Gasteiger partial charge < -0.3 is 21.9 Å². The van der Waals surface area contributed by atoms with E-state index < -0.39 is 5.97 Å². The Labute approximate surface area is 118 Å². The molecule has 0 saturated heterocycles. The number of ether oxygens (including phenoxy) is 1. The van der Waals surface area contributed by atoms with Gasteiger partial charge in [0, 0.05) is 6.07 Å². The number of pyridine rings is 1. The average Bonchev–Trinajstić information content (AvgIpc) is 2.39. The molecule has 0 atom stereocenters. The highest BCUT2D eigenvalue weighted by Crippen LogP contribution is 2.26. The molecular weight excluding hydrogens is 280 g/mol. The third kappa shape index (κ3) is 3.06. The van der Waals surface area contributed by atoms with Gasteiger partial charge in [-0.15, -0.1) is 0 Å². The Hall–Kier alpha value is -2.55. The summed E-state index contributed by atoms with van der Waals surface area (Å²) in [6, 6.07) is 2.94. The minimum absolute atomic E-state index is 0.224. The van der Waals surface area contributed by atoms with Gasteiger partial charge in [-0.05, 0) is 17.8 Å². The van der Waals surface area contributed by atoms with Gasteiger partial charge in [-0.1, -0.05) is 0 Å². The zero-order valence-electron chi connectivity index (χ0n) is 10.5. The summed E-state index contributed by atoms with van der Waals surface area (Å²) >= 11 is 1.11. The normalized spacial score (nSPS) is 10.2. The summed E-state index contributed by atoms with van der Waals surface area (Å²) in [5.74, 6) is -0.0352. The van der Waals surface area contributed by atoms with E-state index >= 15 is 0 Å². The van der Waals surface area contributed by atoms with Crippen LogP contribution < -0.4 is 17.2 Å². The summed E-state index contributed by atoms with van der Waals surface area (Å²) in [7, 11) is 1.27. The van der Waals surface area contributed by atoms with Crippen molar-refractivity contribution in [1.82, 2.24) is 15.0 Å². The van der Waals surface area contributed by atoms with Crippen molar-refractivity contribution >= 4 is 35.1 Å². The van der Waals surface area contributed by atoms with Crippen LogP contribution in [-0.2, 0) is 4.74 Å². The number of aromatic nitrogens is 3. The topological polar surface area (TPSA) is 143 Å². The molecule has 0 spiro atoms. The molecule has 0 aliphatic rings. The Morgan fingerprint density at radius 2 is 1.85 bits per heavy atom. The van der Waals surface area contributed by atoms with Gasteiger partial charge in [0.05, 0.1) is 24.6 Å². The minimum Gasteiger partial charge on any atom is -0.465 e. The van der Waals surface area contributed by atoms with E-state index in [1.807, 2.05) is 0 Å². The van der Waals surface area contributed by atoms with Crippen molar-refractivity contribution < 1.29 is 9.53 Å². The number of carbonyl (C=O) groups is 1. The van der Waals surface area contributed by atoms with Gasteiger partial charge in [-0.25, -0.2) is 19.7 Å². The maximum atomic E-state index is 11.5. The highest BCUT2D eigenvalue weighted by atomic mass is 32.2. The molecule has 0 radical (unpaired) electrons. The quantitative estimate of drug-likeness (QED) is 0.545. The lowest BCUT2D eigenvalue weighted by molar-refractivity contribution is 0.0601. The molecule has 2 rings (SSSR count). The molecule has 0 unspecified atom stereocenters. The second-order valence-corrected chi connectivity index (χ2v) is 4.69. The van der Waals surface area contributed by atoms with E-state index in [-0.39, 0.29) is 22.9 Å². The Morgan fingerprint density at radius 1 is 1.20 bits per heavy atom. The molecule has 0 amide bonds. The third-order valence-corrected chi connectivity index (χ3v) is 3.05. The monoisotopic (exact) mass is 292 g/mol. The number of hydrogen-bond donors (Lipinski definition) is 3. The first-order valence-electron chi connectivity index (χ1n) is 5.41. The van der Waals surface area contributed by atoms with Gasteiger partial charge in [0.25, 0.3) is 0 Å². The highest BCUT2D eigenvalue weighted by molar-refractivity contribution is 7.99. The fraction of sp³-hybridized carbons (Fsp3) is 0.0909. The number of nitrogen functional groups attached to an aromatic ring is 3. The molecule has 9 heteroatoms. The maximum absolute atomic E-state index is 11.5. The van der Waals surface area contributed by atoms with E-state index in [9.17, 15) is 4.79 Å². The number of nitrogens with two attached hydrogens (primary N) is 3. The second-order valence-electron chi connectivity index (χ2n) is 3.70. The number of rotatable bonds is 3. The maximum Gasteiger partial charge on any atom is 0.340 e. The van der Waals surface area contributed by atoms with Gasteiger partial charge in [-0.2, -0.15) is 0 Å². The van der Waals surface area contributed by atoms with Crippen LogP contribution in [0.2, 0.25) is 0 Å². The van der Waals surface area contributed by atoms with E-state index in [0.717, 1.165) is 11.8 Å². The molecule has 0 aromatic carbocycles. The standard InChI is InChI=1S/C11H12N6O2S/c1-19-10(18)5-2-9(15-4-6(5)12)20-11-16-7(13)3-8(14)17-11/h2-4H,12H2,1H3,(H4,13,14,16,17). The lowest BCUT2D eigenvalue weighted by Crippen LogP contribution is -2.06. The van der Waals surface area contributed by atoms with Gasteiger partial charge in [0.15, 0.2) is 5.16 Å². The highest BCUT2D eigenvalue weighted by Gasteiger charge is 2.13. The van der Waals surface area contributed by atoms with Crippen LogP contribution in [0.15, 0.2) is 28.5 Å². The fourth-order valence-corrected chi connectivity index (χ4v) is 2.16. The zero-order chi connectivity index (χ0) is 14.7. The minimum atomic E-state index is -0.542. The van der Waals surface area contributed by atoms with E-state index in [1.54, 1.807) is 0 Å². The van der Waals surface area contributed by atoms with Crippen molar-refractivity contribution in [1.29, 1.82) is 0 Å². The number of anilines is 3. The Balaban J connectivity index is 2.32. The third-order valence-electron chi connectivity index (χ3n) is 2.26. The fourth-order valence-electron chi connectivity index (χ4n) is 1.39. The van der Waals surface area contributed by atoms with E-state index in [2.05, 4.69) is 19.7 Å². The molecule has 20 heavy (non-hydrogen) atoms. The summed E-state index contributed by atoms with van der Waals surface area (Å²) in [5, 5.41) is 0.806. The number of esters is 1. The summed E-state index contributed by atoms with van der Waals surface area (Å²) in [6.45, 7) is 0. The van der Waals surface area contributed by atoms with Crippen LogP contribution in [0.4, 0.5) is 17.3 Å². The predicted molar refractivity (Wildman–Crippen MR) is 75.0 cm³/mol. The molecule has 8 nitrogen and oxygen atoms in total. The molecule has 0 fully saturated rings. The van der Waals surface area contributed by atoms with Gasteiger partial charge in [-0.3, -0.25) is 0 Å². The van der Waals surface area contributed by atoms with Gasteiger partial charge >= 0.3 is 5.97 Å². The smallest absolute Gasteiger partial charge is 0.340 e. The largest absolute Gasteiger partial charge is 0.465 e. The summed E-state index contributed by atoms with van der Waals surface area (Å²) in [4.78, 5) is 23.6.